The van der Waals surface area contributed by atoms with Crippen LogP contribution < -0.4 is 15.6 Å². The number of halogens is 3. The number of fused-ring (bicyclic) bond motifs is 1. The lowest BCUT2D eigenvalue weighted by Gasteiger charge is -2.25. The Morgan fingerprint density at radius 1 is 1.03 bits per heavy atom. The smallest absolute Gasteiger partial charge is 0.261 e. The van der Waals surface area contributed by atoms with Gasteiger partial charge in [0.15, 0.2) is 0 Å². The molecule has 2 heterocycles. The van der Waals surface area contributed by atoms with Gasteiger partial charge < -0.3 is 15.2 Å². The van der Waals surface area contributed by atoms with E-state index >= 15 is 4.39 Å². The molecule has 6 nitrogen and oxygen atoms in total. The Labute approximate surface area is 211 Å². The van der Waals surface area contributed by atoms with E-state index in [2.05, 4.69) is 10.3 Å². The van der Waals surface area contributed by atoms with Crippen LogP contribution in [0.15, 0.2) is 59.4 Å². The summed E-state index contributed by atoms with van der Waals surface area (Å²) >= 11 is 0. The van der Waals surface area contributed by atoms with Crippen molar-refractivity contribution in [2.45, 2.75) is 19.4 Å². The minimum Gasteiger partial charge on any atom is -0.491 e. The third-order valence-corrected chi connectivity index (χ3v) is 6.58. The standard InChI is InChI=1S/C28H26F3N3O3/c29-19-4-6-21(24(30)13-19)18-3-8-26-23(12-18)28(36)34(16-17-2-1-9-32-15-17)27(33-26)22-7-5-20(14-25(22)31)37-11-10-35/h3-8,12-14,17,32,35H,1-2,9-11,15-16H2. The Morgan fingerprint density at radius 3 is 2.57 bits per heavy atom. The van der Waals surface area contributed by atoms with Crippen molar-refractivity contribution in [3.8, 4) is 28.3 Å². The van der Waals surface area contributed by atoms with E-state index in [0.29, 0.717) is 17.6 Å². The van der Waals surface area contributed by atoms with Crippen molar-refractivity contribution < 1.29 is 23.0 Å². The zero-order chi connectivity index (χ0) is 25.9. The van der Waals surface area contributed by atoms with Crippen LogP contribution in [0.4, 0.5) is 13.2 Å². The number of aliphatic hydroxyl groups excluding tert-OH is 1. The van der Waals surface area contributed by atoms with Crippen LogP contribution in [0.3, 0.4) is 0 Å². The van der Waals surface area contributed by atoms with Gasteiger partial charge in [0.05, 0.1) is 23.1 Å². The minimum absolute atomic E-state index is 0.0311. The van der Waals surface area contributed by atoms with Gasteiger partial charge in [0.1, 0.15) is 35.6 Å². The lowest BCUT2D eigenvalue weighted by Crippen LogP contribution is -2.35. The van der Waals surface area contributed by atoms with E-state index in [1.54, 1.807) is 24.3 Å². The van der Waals surface area contributed by atoms with Crippen molar-refractivity contribution in [2.75, 3.05) is 26.3 Å². The Bertz CT molecular complexity index is 1500. The quantitative estimate of drug-likeness (QED) is 0.383. The van der Waals surface area contributed by atoms with Crippen molar-refractivity contribution in [3.05, 3.63) is 82.4 Å². The fourth-order valence-electron chi connectivity index (χ4n) is 4.76. The highest BCUT2D eigenvalue weighted by molar-refractivity contribution is 5.85. The average molecular weight is 510 g/mol. The van der Waals surface area contributed by atoms with Gasteiger partial charge in [-0.2, -0.15) is 0 Å². The van der Waals surface area contributed by atoms with Gasteiger partial charge in [0.25, 0.3) is 5.56 Å². The number of nitrogens with zero attached hydrogens (tertiary/aromatic N) is 2. The number of nitrogens with one attached hydrogen (secondary N) is 1. The van der Waals surface area contributed by atoms with Gasteiger partial charge in [-0.3, -0.25) is 9.36 Å². The molecule has 1 aromatic heterocycles. The molecule has 0 radical (unpaired) electrons. The van der Waals surface area contributed by atoms with Gasteiger partial charge in [-0.15, -0.1) is 0 Å². The molecule has 0 amide bonds. The third-order valence-electron chi connectivity index (χ3n) is 6.58. The fraction of sp³-hybridized carbons (Fsp3) is 0.286. The molecule has 192 valence electrons. The Morgan fingerprint density at radius 2 is 1.84 bits per heavy atom. The number of rotatable bonds is 7. The van der Waals surface area contributed by atoms with Crippen molar-refractivity contribution in [2.24, 2.45) is 5.92 Å². The van der Waals surface area contributed by atoms with Crippen LogP contribution in [0.25, 0.3) is 33.4 Å². The molecule has 1 fully saturated rings. The van der Waals surface area contributed by atoms with Crippen LogP contribution in [0.2, 0.25) is 0 Å². The molecule has 1 saturated heterocycles. The van der Waals surface area contributed by atoms with Crippen LogP contribution >= 0.6 is 0 Å². The van der Waals surface area contributed by atoms with Crippen molar-refractivity contribution in [1.82, 2.24) is 14.9 Å². The van der Waals surface area contributed by atoms with Crippen LogP contribution in [0.1, 0.15) is 12.8 Å². The maximum Gasteiger partial charge on any atom is 0.261 e. The summed E-state index contributed by atoms with van der Waals surface area (Å²) in [5.41, 5.74) is 0.699. The monoisotopic (exact) mass is 509 g/mol. The highest BCUT2D eigenvalue weighted by atomic mass is 19.1. The van der Waals surface area contributed by atoms with E-state index in [-0.39, 0.29) is 52.8 Å². The summed E-state index contributed by atoms with van der Waals surface area (Å²) in [7, 11) is 0. The van der Waals surface area contributed by atoms with Crippen molar-refractivity contribution in [1.29, 1.82) is 0 Å². The zero-order valence-corrected chi connectivity index (χ0v) is 20.0. The largest absolute Gasteiger partial charge is 0.491 e. The molecule has 37 heavy (non-hydrogen) atoms. The number of hydrogen-bond donors (Lipinski definition) is 2. The number of piperidine rings is 1. The Kier molecular flexibility index (Phi) is 7.25. The molecule has 0 bridgehead atoms. The summed E-state index contributed by atoms with van der Waals surface area (Å²) in [6, 6.07) is 12.3. The van der Waals surface area contributed by atoms with E-state index in [4.69, 9.17) is 9.84 Å². The molecule has 1 aliphatic rings. The normalized spacial score (nSPS) is 15.7. The van der Waals surface area contributed by atoms with Gasteiger partial charge >= 0.3 is 0 Å². The highest BCUT2D eigenvalue weighted by Gasteiger charge is 2.21. The van der Waals surface area contributed by atoms with E-state index in [1.165, 1.54) is 22.8 Å². The minimum atomic E-state index is -0.733. The summed E-state index contributed by atoms with van der Waals surface area (Å²) in [5, 5.41) is 12.6. The first kappa shape index (κ1) is 25.0. The molecule has 3 aromatic carbocycles. The summed E-state index contributed by atoms with van der Waals surface area (Å²) in [6.45, 7) is 1.80. The summed E-state index contributed by atoms with van der Waals surface area (Å²) in [6.07, 6.45) is 1.88. The zero-order valence-electron chi connectivity index (χ0n) is 20.0. The first-order valence-corrected chi connectivity index (χ1v) is 12.2. The Balaban J connectivity index is 1.65. The molecule has 2 N–H and O–H groups in total. The molecule has 0 spiro atoms. The van der Waals surface area contributed by atoms with Gasteiger partial charge in [0, 0.05) is 24.2 Å². The summed E-state index contributed by atoms with van der Waals surface area (Å²) < 4.78 is 49.9. The summed E-state index contributed by atoms with van der Waals surface area (Å²) in [5.74, 6) is -1.43. The molecule has 1 unspecified atom stereocenters. The van der Waals surface area contributed by atoms with Crippen molar-refractivity contribution >= 4 is 10.9 Å². The highest BCUT2D eigenvalue weighted by Crippen LogP contribution is 2.29. The number of aliphatic hydroxyl groups is 1. The lowest BCUT2D eigenvalue weighted by atomic mass is 9.99. The van der Waals surface area contributed by atoms with Crippen molar-refractivity contribution in [3.63, 3.8) is 0 Å². The first-order chi connectivity index (χ1) is 17.9. The second-order valence-electron chi connectivity index (χ2n) is 9.13. The molecule has 5 rings (SSSR count). The SMILES string of the molecule is O=c1c2cc(-c3ccc(F)cc3F)ccc2nc(-c2ccc(OCCO)cc2F)n1CC1CCCNC1. The van der Waals surface area contributed by atoms with E-state index in [1.807, 2.05) is 0 Å². The number of hydrogen-bond acceptors (Lipinski definition) is 5. The van der Waals surface area contributed by atoms with Gasteiger partial charge in [-0.25, -0.2) is 18.2 Å². The molecule has 1 aliphatic heterocycles. The van der Waals surface area contributed by atoms with Crippen LogP contribution in [-0.4, -0.2) is 41.0 Å². The topological polar surface area (TPSA) is 76.4 Å². The van der Waals surface area contributed by atoms with E-state index in [0.717, 1.165) is 38.1 Å². The van der Waals surface area contributed by atoms with Crippen LogP contribution in [-0.2, 0) is 6.54 Å². The predicted molar refractivity (Wildman–Crippen MR) is 135 cm³/mol. The molecule has 0 aliphatic carbocycles. The molecular formula is C28H26F3N3O3. The molecular weight excluding hydrogens is 483 g/mol. The number of ether oxygens (including phenoxy) is 1. The first-order valence-electron chi connectivity index (χ1n) is 12.2. The Hall–Kier alpha value is -3.69. The summed E-state index contributed by atoms with van der Waals surface area (Å²) in [4.78, 5) is 18.5. The number of benzene rings is 3. The maximum atomic E-state index is 15.2. The lowest BCUT2D eigenvalue weighted by molar-refractivity contribution is 0.201. The molecule has 0 saturated carbocycles. The second kappa shape index (κ2) is 10.7. The average Bonchev–Trinajstić information content (AvgIpc) is 2.90. The van der Waals surface area contributed by atoms with E-state index in [9.17, 15) is 13.6 Å². The third kappa shape index (κ3) is 5.23. The van der Waals surface area contributed by atoms with Crippen LogP contribution in [0, 0.1) is 23.4 Å². The van der Waals surface area contributed by atoms with Gasteiger partial charge in [-0.05, 0) is 73.8 Å². The van der Waals surface area contributed by atoms with E-state index < -0.39 is 17.5 Å². The molecule has 9 heteroatoms. The fourth-order valence-corrected chi connectivity index (χ4v) is 4.76. The van der Waals surface area contributed by atoms with Gasteiger partial charge in [-0.1, -0.05) is 6.07 Å². The number of aromatic nitrogens is 2. The predicted octanol–water partition coefficient (Wildman–Crippen LogP) is 4.52. The molecule has 4 aromatic rings. The maximum absolute atomic E-state index is 15.2. The van der Waals surface area contributed by atoms with Crippen LogP contribution in [0.5, 0.6) is 5.75 Å². The second-order valence-corrected chi connectivity index (χ2v) is 9.13. The van der Waals surface area contributed by atoms with Gasteiger partial charge in [0.2, 0.25) is 0 Å². The molecule has 1 atom stereocenters.